The van der Waals surface area contributed by atoms with Gasteiger partial charge in [0.25, 0.3) is 0 Å². The van der Waals surface area contributed by atoms with E-state index < -0.39 is 18.5 Å². The highest BCUT2D eigenvalue weighted by Crippen LogP contribution is 2.35. The van der Waals surface area contributed by atoms with Crippen molar-refractivity contribution >= 4 is 16.9 Å². The maximum atomic E-state index is 12.5. The van der Waals surface area contributed by atoms with Crippen LogP contribution in [0.3, 0.4) is 0 Å². The second-order valence-corrected chi connectivity index (χ2v) is 5.74. The summed E-state index contributed by atoms with van der Waals surface area (Å²) in [6.07, 6.45) is -4.54. The van der Waals surface area contributed by atoms with Crippen LogP contribution < -0.4 is 0 Å². The van der Waals surface area contributed by atoms with E-state index in [1.54, 1.807) is 0 Å². The fourth-order valence-electron chi connectivity index (χ4n) is 3.29. The molecule has 23 heavy (non-hydrogen) atoms. The zero-order chi connectivity index (χ0) is 16.6. The Morgan fingerprint density at radius 1 is 1.35 bits per heavy atom. The van der Waals surface area contributed by atoms with Crippen LogP contribution in [0.2, 0.25) is 0 Å². The number of para-hydroxylation sites is 2. The first-order chi connectivity index (χ1) is 10.9. The molecule has 0 spiro atoms. The summed E-state index contributed by atoms with van der Waals surface area (Å²) in [5, 5.41) is 0. The molecule has 2 aromatic rings. The second kappa shape index (κ2) is 5.86. The summed E-state index contributed by atoms with van der Waals surface area (Å²) >= 11 is 0. The van der Waals surface area contributed by atoms with Gasteiger partial charge in [-0.25, -0.2) is 4.98 Å². The van der Waals surface area contributed by atoms with E-state index in [0.717, 1.165) is 11.0 Å². The van der Waals surface area contributed by atoms with Crippen LogP contribution in [-0.4, -0.2) is 33.1 Å². The molecule has 1 atom stereocenters. The van der Waals surface area contributed by atoms with E-state index in [4.69, 9.17) is 0 Å². The van der Waals surface area contributed by atoms with Gasteiger partial charge < -0.3 is 9.47 Å². The molecule has 7 heteroatoms. The molecule has 124 valence electrons. The van der Waals surface area contributed by atoms with Gasteiger partial charge in [-0.2, -0.15) is 13.2 Å². The number of halogens is 3. The zero-order valence-corrected chi connectivity index (χ0v) is 12.8. The lowest BCUT2D eigenvalue weighted by Gasteiger charge is -2.25. The molecule has 4 nitrogen and oxygen atoms in total. The molecule has 1 aliphatic rings. The summed E-state index contributed by atoms with van der Waals surface area (Å²) in [6, 6.07) is 7.22. The molecule has 3 rings (SSSR count). The summed E-state index contributed by atoms with van der Waals surface area (Å²) < 4.78 is 39.6. The first-order valence-corrected chi connectivity index (χ1v) is 7.72. The number of hydrogen-bond acceptors (Lipinski definition) is 2. The van der Waals surface area contributed by atoms with Gasteiger partial charge in [-0.15, -0.1) is 0 Å². The monoisotopic (exact) mass is 325 g/mol. The molecular weight excluding hydrogens is 307 g/mol. The summed E-state index contributed by atoms with van der Waals surface area (Å²) in [6.45, 7) is 2.98. The van der Waals surface area contributed by atoms with Crippen molar-refractivity contribution in [2.45, 2.75) is 44.9 Å². The van der Waals surface area contributed by atoms with E-state index in [1.165, 1.54) is 4.90 Å². The molecule has 1 fully saturated rings. The zero-order valence-electron chi connectivity index (χ0n) is 12.8. The number of benzene rings is 1. The Balaban J connectivity index is 1.95. The third kappa shape index (κ3) is 3.04. The van der Waals surface area contributed by atoms with Crippen molar-refractivity contribution in [1.29, 1.82) is 0 Å². The molecule has 1 amide bonds. The Morgan fingerprint density at radius 3 is 2.78 bits per heavy atom. The summed E-state index contributed by atoms with van der Waals surface area (Å²) in [5.41, 5.74) is 1.75. The SMILES string of the molecule is CCn1c(C2CCCN2C(=O)CC(F)(F)F)nc2ccccc21. The predicted octanol–water partition coefficient (Wildman–Crippen LogP) is 3.67. The van der Waals surface area contributed by atoms with Gasteiger partial charge in [0.2, 0.25) is 5.91 Å². The van der Waals surface area contributed by atoms with E-state index >= 15 is 0 Å². The standard InChI is InChI=1S/C16H18F3N3O/c1-2-21-12-7-4-3-6-11(12)20-15(21)13-8-5-9-22(13)14(23)10-16(17,18)19/h3-4,6-7,13H,2,5,8-10H2,1H3. The molecule has 0 radical (unpaired) electrons. The van der Waals surface area contributed by atoms with Gasteiger partial charge in [-0.3, -0.25) is 4.79 Å². The highest BCUT2D eigenvalue weighted by Gasteiger charge is 2.39. The summed E-state index contributed by atoms with van der Waals surface area (Å²) in [7, 11) is 0. The van der Waals surface area contributed by atoms with Gasteiger partial charge in [0.15, 0.2) is 0 Å². The number of carbonyl (C=O) groups is 1. The number of aromatic nitrogens is 2. The van der Waals surface area contributed by atoms with E-state index in [2.05, 4.69) is 4.98 Å². The number of imidazole rings is 1. The average molecular weight is 325 g/mol. The maximum absolute atomic E-state index is 12.5. The number of carbonyl (C=O) groups excluding carboxylic acids is 1. The van der Waals surface area contributed by atoms with Crippen molar-refractivity contribution in [2.75, 3.05) is 6.54 Å². The predicted molar refractivity (Wildman–Crippen MR) is 79.8 cm³/mol. The highest BCUT2D eigenvalue weighted by molar-refractivity contribution is 5.79. The van der Waals surface area contributed by atoms with Crippen molar-refractivity contribution in [1.82, 2.24) is 14.5 Å². The van der Waals surface area contributed by atoms with E-state index in [0.29, 0.717) is 31.8 Å². The molecular formula is C16H18F3N3O. The summed E-state index contributed by atoms with van der Waals surface area (Å²) in [4.78, 5) is 17.9. The van der Waals surface area contributed by atoms with Crippen LogP contribution in [0.1, 0.15) is 38.1 Å². The molecule has 0 saturated carbocycles. The van der Waals surface area contributed by atoms with Gasteiger partial charge in [-0.1, -0.05) is 12.1 Å². The molecule has 0 N–H and O–H groups in total. The molecule has 1 unspecified atom stereocenters. The third-order valence-electron chi connectivity index (χ3n) is 4.22. The van der Waals surface area contributed by atoms with Gasteiger partial charge in [-0.05, 0) is 31.9 Å². The third-order valence-corrected chi connectivity index (χ3v) is 4.22. The van der Waals surface area contributed by atoms with Crippen molar-refractivity contribution < 1.29 is 18.0 Å². The molecule has 1 aliphatic heterocycles. The number of nitrogens with zero attached hydrogens (tertiary/aromatic N) is 3. The minimum absolute atomic E-state index is 0.354. The van der Waals surface area contributed by atoms with Crippen LogP contribution in [0.25, 0.3) is 11.0 Å². The molecule has 0 aliphatic carbocycles. The largest absolute Gasteiger partial charge is 0.397 e. The number of hydrogen-bond donors (Lipinski definition) is 0. The number of alkyl halides is 3. The molecule has 0 bridgehead atoms. The highest BCUT2D eigenvalue weighted by atomic mass is 19.4. The van der Waals surface area contributed by atoms with Crippen LogP contribution in [0, 0.1) is 0 Å². The first kappa shape index (κ1) is 15.8. The maximum Gasteiger partial charge on any atom is 0.397 e. The minimum atomic E-state index is -4.48. The Labute approximate surface area is 131 Å². The second-order valence-electron chi connectivity index (χ2n) is 5.74. The Bertz CT molecular complexity index is 723. The van der Waals surface area contributed by atoms with Crippen LogP contribution in [0.15, 0.2) is 24.3 Å². The quantitative estimate of drug-likeness (QED) is 0.863. The molecule has 1 aromatic heterocycles. The summed E-state index contributed by atoms with van der Waals surface area (Å²) in [5.74, 6) is -0.184. The molecule has 1 saturated heterocycles. The van der Waals surface area contributed by atoms with E-state index in [9.17, 15) is 18.0 Å². The van der Waals surface area contributed by atoms with Crippen LogP contribution in [-0.2, 0) is 11.3 Å². The van der Waals surface area contributed by atoms with Crippen molar-refractivity contribution in [3.63, 3.8) is 0 Å². The molecule has 2 heterocycles. The number of aryl methyl sites for hydroxylation is 1. The number of likely N-dealkylation sites (tertiary alicyclic amines) is 1. The Kier molecular flexibility index (Phi) is 4.04. The number of fused-ring (bicyclic) bond motifs is 1. The van der Waals surface area contributed by atoms with Crippen LogP contribution in [0.5, 0.6) is 0 Å². The first-order valence-electron chi connectivity index (χ1n) is 7.72. The lowest BCUT2D eigenvalue weighted by Crippen LogP contribution is -2.34. The van der Waals surface area contributed by atoms with Gasteiger partial charge in [0, 0.05) is 13.1 Å². The smallest absolute Gasteiger partial charge is 0.332 e. The number of amides is 1. The van der Waals surface area contributed by atoms with Gasteiger partial charge in [0.05, 0.1) is 17.1 Å². The fourth-order valence-corrected chi connectivity index (χ4v) is 3.29. The normalized spacial score (nSPS) is 18.8. The van der Waals surface area contributed by atoms with Crippen molar-refractivity contribution in [2.24, 2.45) is 0 Å². The minimum Gasteiger partial charge on any atom is -0.332 e. The van der Waals surface area contributed by atoms with Crippen molar-refractivity contribution in [3.8, 4) is 0 Å². The van der Waals surface area contributed by atoms with Gasteiger partial charge in [0.1, 0.15) is 12.2 Å². The fraction of sp³-hybridized carbons (Fsp3) is 0.500. The topological polar surface area (TPSA) is 38.1 Å². The van der Waals surface area contributed by atoms with E-state index in [-0.39, 0.29) is 6.04 Å². The number of rotatable bonds is 3. The lowest BCUT2D eigenvalue weighted by molar-refractivity contribution is -0.162. The molecule has 1 aromatic carbocycles. The van der Waals surface area contributed by atoms with Gasteiger partial charge >= 0.3 is 6.18 Å². The lowest BCUT2D eigenvalue weighted by atomic mass is 10.2. The Morgan fingerprint density at radius 2 is 2.09 bits per heavy atom. The van der Waals surface area contributed by atoms with Crippen LogP contribution >= 0.6 is 0 Å². The van der Waals surface area contributed by atoms with Crippen LogP contribution in [0.4, 0.5) is 13.2 Å². The Hall–Kier alpha value is -2.05. The van der Waals surface area contributed by atoms with E-state index in [1.807, 2.05) is 35.8 Å². The van der Waals surface area contributed by atoms with Crippen molar-refractivity contribution in [3.05, 3.63) is 30.1 Å². The average Bonchev–Trinajstić information content (AvgIpc) is 3.09.